The summed E-state index contributed by atoms with van der Waals surface area (Å²) in [7, 11) is -0.421. The van der Waals surface area contributed by atoms with E-state index in [1.807, 2.05) is 7.05 Å². The highest BCUT2D eigenvalue weighted by Gasteiger charge is 2.30. The van der Waals surface area contributed by atoms with Crippen LogP contribution in [0.4, 0.5) is 5.69 Å². The highest BCUT2D eigenvalue weighted by Crippen LogP contribution is 2.32. The Morgan fingerprint density at radius 1 is 1.10 bits per heavy atom. The van der Waals surface area contributed by atoms with Crippen molar-refractivity contribution in [2.75, 3.05) is 38.1 Å². The van der Waals surface area contributed by atoms with Crippen molar-refractivity contribution in [2.45, 2.75) is 23.8 Å². The number of methoxy groups -OCH3 is 1. The number of para-hydroxylation sites is 2. The summed E-state index contributed by atoms with van der Waals surface area (Å²) in [6, 6.07) is 15.0. The molecule has 0 spiro atoms. The van der Waals surface area contributed by atoms with E-state index in [4.69, 9.17) is 4.74 Å². The average molecular weight is 418 g/mol. The van der Waals surface area contributed by atoms with Crippen molar-refractivity contribution in [3.63, 3.8) is 0 Å². The Hall–Kier alpha value is -2.58. The molecule has 0 unspecified atom stereocenters. The summed E-state index contributed by atoms with van der Waals surface area (Å²) in [5, 5.41) is 2.99. The maximum Gasteiger partial charge on any atom is 0.264 e. The number of benzene rings is 2. The molecule has 0 aliphatic carbocycles. The molecule has 0 bridgehead atoms. The normalized spacial score (nSPS) is 15.7. The fourth-order valence-corrected chi connectivity index (χ4v) is 4.86. The number of amides is 1. The van der Waals surface area contributed by atoms with Gasteiger partial charge in [-0.3, -0.25) is 9.10 Å². The number of anilines is 1. The van der Waals surface area contributed by atoms with Crippen molar-refractivity contribution >= 4 is 21.6 Å². The molecule has 1 heterocycles. The molecule has 0 saturated carbocycles. The van der Waals surface area contributed by atoms with Crippen LogP contribution in [0, 0.1) is 0 Å². The third-order valence-corrected chi connectivity index (χ3v) is 6.83. The van der Waals surface area contributed by atoms with Gasteiger partial charge in [-0.25, -0.2) is 8.42 Å². The maximum atomic E-state index is 13.4. The predicted octanol–water partition coefficient (Wildman–Crippen LogP) is 2.10. The van der Waals surface area contributed by atoms with E-state index < -0.39 is 10.0 Å². The molecule has 0 radical (unpaired) electrons. The molecule has 1 aliphatic heterocycles. The SMILES string of the molecule is COc1ccccc1N(CC(=O)NC1CCN(C)CC1)S(=O)(=O)c1ccccc1. The summed E-state index contributed by atoms with van der Waals surface area (Å²) in [4.78, 5) is 15.1. The zero-order chi connectivity index (χ0) is 20.9. The fourth-order valence-electron chi connectivity index (χ4n) is 3.41. The molecule has 1 aliphatic rings. The topological polar surface area (TPSA) is 79.0 Å². The number of piperidine rings is 1. The van der Waals surface area contributed by atoms with Crippen LogP contribution < -0.4 is 14.4 Å². The molecule has 1 saturated heterocycles. The zero-order valence-electron chi connectivity index (χ0n) is 16.7. The number of ether oxygens (including phenoxy) is 1. The third kappa shape index (κ3) is 5.07. The highest BCUT2D eigenvalue weighted by atomic mass is 32.2. The predicted molar refractivity (Wildman–Crippen MR) is 113 cm³/mol. The number of rotatable bonds is 7. The van der Waals surface area contributed by atoms with Crippen LogP contribution >= 0.6 is 0 Å². The summed E-state index contributed by atoms with van der Waals surface area (Å²) in [5.41, 5.74) is 0.331. The Morgan fingerprint density at radius 2 is 1.72 bits per heavy atom. The number of hydrogen-bond donors (Lipinski definition) is 1. The van der Waals surface area contributed by atoms with Gasteiger partial charge in [-0.05, 0) is 57.2 Å². The van der Waals surface area contributed by atoms with Crippen molar-refractivity contribution in [3.05, 3.63) is 54.6 Å². The molecule has 7 nitrogen and oxygen atoms in total. The van der Waals surface area contributed by atoms with Crippen LogP contribution in [0.5, 0.6) is 5.75 Å². The summed E-state index contributed by atoms with van der Waals surface area (Å²) >= 11 is 0. The van der Waals surface area contributed by atoms with Gasteiger partial charge < -0.3 is 15.0 Å². The van der Waals surface area contributed by atoms with Gasteiger partial charge in [0.15, 0.2) is 0 Å². The van der Waals surface area contributed by atoms with Gasteiger partial charge in [0.05, 0.1) is 17.7 Å². The van der Waals surface area contributed by atoms with Crippen LogP contribution in [0.25, 0.3) is 0 Å². The second kappa shape index (κ2) is 9.28. The Bertz CT molecular complexity index is 926. The molecular weight excluding hydrogens is 390 g/mol. The molecule has 1 N–H and O–H groups in total. The molecular formula is C21H27N3O4S. The van der Waals surface area contributed by atoms with Crippen LogP contribution in [0.3, 0.4) is 0 Å². The molecule has 156 valence electrons. The Kier molecular flexibility index (Phi) is 6.76. The van der Waals surface area contributed by atoms with Gasteiger partial charge in [-0.2, -0.15) is 0 Å². The number of nitrogens with one attached hydrogen (secondary N) is 1. The van der Waals surface area contributed by atoms with E-state index in [2.05, 4.69) is 10.2 Å². The minimum Gasteiger partial charge on any atom is -0.495 e. The number of hydrogen-bond acceptors (Lipinski definition) is 5. The molecule has 0 atom stereocenters. The summed E-state index contributed by atoms with van der Waals surface area (Å²) in [6.07, 6.45) is 1.70. The minimum atomic E-state index is -3.95. The second-order valence-corrected chi connectivity index (χ2v) is 9.00. The van der Waals surface area contributed by atoms with Crippen LogP contribution in [0.1, 0.15) is 12.8 Å². The first-order valence-corrected chi connectivity index (χ1v) is 11.0. The van der Waals surface area contributed by atoms with Gasteiger partial charge in [0, 0.05) is 6.04 Å². The molecule has 29 heavy (non-hydrogen) atoms. The first kappa shape index (κ1) is 21.1. The number of nitrogens with zero attached hydrogens (tertiary/aromatic N) is 2. The smallest absolute Gasteiger partial charge is 0.264 e. The summed E-state index contributed by atoms with van der Waals surface area (Å²) < 4.78 is 33.2. The quantitative estimate of drug-likeness (QED) is 0.746. The third-order valence-electron chi connectivity index (χ3n) is 5.06. The minimum absolute atomic E-state index is 0.0534. The van der Waals surface area contributed by atoms with E-state index in [0.29, 0.717) is 11.4 Å². The van der Waals surface area contributed by atoms with Crippen LogP contribution in [0.15, 0.2) is 59.5 Å². The van der Waals surface area contributed by atoms with Gasteiger partial charge in [-0.1, -0.05) is 30.3 Å². The lowest BCUT2D eigenvalue weighted by Gasteiger charge is -2.31. The molecule has 1 fully saturated rings. The van der Waals surface area contributed by atoms with Gasteiger partial charge in [0.2, 0.25) is 5.91 Å². The first-order chi connectivity index (χ1) is 13.9. The molecule has 0 aromatic heterocycles. The first-order valence-electron chi connectivity index (χ1n) is 9.60. The Morgan fingerprint density at radius 3 is 2.38 bits per heavy atom. The van der Waals surface area contributed by atoms with Crippen molar-refractivity contribution in [3.8, 4) is 5.75 Å². The monoisotopic (exact) mass is 417 g/mol. The van der Waals surface area contributed by atoms with Crippen molar-refractivity contribution in [2.24, 2.45) is 0 Å². The van der Waals surface area contributed by atoms with E-state index in [-0.39, 0.29) is 23.4 Å². The molecule has 1 amide bonds. The maximum absolute atomic E-state index is 13.4. The van der Waals surface area contributed by atoms with Crippen molar-refractivity contribution in [1.82, 2.24) is 10.2 Å². The van der Waals surface area contributed by atoms with Gasteiger partial charge >= 0.3 is 0 Å². The average Bonchev–Trinajstić information content (AvgIpc) is 2.74. The van der Waals surface area contributed by atoms with Gasteiger partial charge in [0.25, 0.3) is 10.0 Å². The van der Waals surface area contributed by atoms with Gasteiger partial charge in [0.1, 0.15) is 12.3 Å². The number of carbonyl (C=O) groups is 1. The molecule has 8 heteroatoms. The van der Waals surface area contributed by atoms with Crippen molar-refractivity contribution < 1.29 is 17.9 Å². The van der Waals surface area contributed by atoms with Crippen molar-refractivity contribution in [1.29, 1.82) is 0 Å². The number of sulfonamides is 1. The van der Waals surface area contributed by atoms with E-state index in [0.717, 1.165) is 30.2 Å². The fraction of sp³-hybridized carbons (Fsp3) is 0.381. The lowest BCUT2D eigenvalue weighted by atomic mass is 10.1. The largest absolute Gasteiger partial charge is 0.495 e. The van der Waals surface area contributed by atoms with E-state index in [1.165, 1.54) is 19.2 Å². The second-order valence-electron chi connectivity index (χ2n) is 7.14. The van der Waals surface area contributed by atoms with Crippen LogP contribution in [0.2, 0.25) is 0 Å². The Balaban J connectivity index is 1.88. The zero-order valence-corrected chi connectivity index (χ0v) is 17.6. The molecule has 2 aromatic carbocycles. The van der Waals surface area contributed by atoms with Crippen LogP contribution in [-0.4, -0.2) is 59.1 Å². The summed E-state index contributed by atoms with van der Waals surface area (Å²) in [5.74, 6) is 0.0593. The standard InChI is InChI=1S/C21H27N3O4S/c1-23-14-12-17(13-15-23)22-21(25)16-24(19-10-6-7-11-20(19)28-2)29(26,27)18-8-4-3-5-9-18/h3-11,17H,12-16H2,1-2H3,(H,22,25). The number of carbonyl (C=O) groups excluding carboxylic acids is 1. The number of likely N-dealkylation sites (tertiary alicyclic amines) is 1. The highest BCUT2D eigenvalue weighted by molar-refractivity contribution is 7.92. The van der Waals surface area contributed by atoms with Gasteiger partial charge in [-0.15, -0.1) is 0 Å². The lowest BCUT2D eigenvalue weighted by Crippen LogP contribution is -2.47. The lowest BCUT2D eigenvalue weighted by molar-refractivity contribution is -0.120. The van der Waals surface area contributed by atoms with E-state index in [9.17, 15) is 13.2 Å². The molecule has 3 rings (SSSR count). The van der Waals surface area contributed by atoms with E-state index >= 15 is 0 Å². The Labute approximate surface area is 172 Å². The van der Waals surface area contributed by atoms with Crippen LogP contribution in [-0.2, 0) is 14.8 Å². The van der Waals surface area contributed by atoms with E-state index in [1.54, 1.807) is 42.5 Å². The summed E-state index contributed by atoms with van der Waals surface area (Å²) in [6.45, 7) is 1.50. The molecule has 2 aromatic rings.